The molecule has 1 aromatic heterocycles. The van der Waals surface area contributed by atoms with Crippen LogP contribution in [0.25, 0.3) is 0 Å². The van der Waals surface area contributed by atoms with Crippen LogP contribution in [-0.4, -0.2) is 25.2 Å². The summed E-state index contributed by atoms with van der Waals surface area (Å²) in [6.07, 6.45) is 0.467. The fourth-order valence-corrected chi connectivity index (χ4v) is 3.42. The smallest absolute Gasteiger partial charge is 0.244 e. The molecule has 0 bridgehead atoms. The summed E-state index contributed by atoms with van der Waals surface area (Å²) in [7, 11) is -3.67. The summed E-state index contributed by atoms with van der Waals surface area (Å²) >= 11 is 0. The predicted octanol–water partition coefficient (Wildman–Crippen LogP) is 0.837. The number of nitrogens with one attached hydrogen (secondary N) is 2. The van der Waals surface area contributed by atoms with Crippen molar-refractivity contribution in [3.8, 4) is 0 Å². The maximum atomic E-state index is 12.8. The minimum Gasteiger partial charge on any atom is -0.325 e. The first-order chi connectivity index (χ1) is 9.94. The molecular weight excluding hydrogens is 295 g/mol. The van der Waals surface area contributed by atoms with Gasteiger partial charge < -0.3 is 5.73 Å². The molecule has 6 nitrogen and oxygen atoms in total. The monoisotopic (exact) mass is 312 g/mol. The lowest BCUT2D eigenvalue weighted by atomic mass is 10.1. The molecule has 0 saturated heterocycles. The number of hydrogen-bond acceptors (Lipinski definition) is 4. The molecule has 0 radical (unpaired) electrons. The summed E-state index contributed by atoms with van der Waals surface area (Å²) in [6.45, 7) is 1.88. The molecule has 2 aromatic rings. The lowest BCUT2D eigenvalue weighted by Crippen LogP contribution is -2.27. The van der Waals surface area contributed by atoms with Gasteiger partial charge in [-0.15, -0.1) is 0 Å². The highest BCUT2D eigenvalue weighted by Gasteiger charge is 2.22. The van der Waals surface area contributed by atoms with Crippen molar-refractivity contribution < 1.29 is 12.8 Å². The van der Waals surface area contributed by atoms with Crippen molar-refractivity contribution in [3.05, 3.63) is 47.0 Å². The van der Waals surface area contributed by atoms with Crippen molar-refractivity contribution >= 4 is 10.0 Å². The number of benzene rings is 1. The number of aromatic amines is 1. The van der Waals surface area contributed by atoms with E-state index in [2.05, 4.69) is 14.9 Å². The number of aryl methyl sites for hydroxylation is 1. The quantitative estimate of drug-likeness (QED) is 0.735. The SMILES string of the molecule is Cc1[nH]nc(CN)c1S(=O)(=O)NCCc1ccc(F)cc1. The van der Waals surface area contributed by atoms with Crippen molar-refractivity contribution in [2.24, 2.45) is 5.73 Å². The van der Waals surface area contributed by atoms with Crippen molar-refractivity contribution in [3.63, 3.8) is 0 Å². The fraction of sp³-hybridized carbons (Fsp3) is 0.308. The number of nitrogens with two attached hydrogens (primary N) is 1. The third-order valence-electron chi connectivity index (χ3n) is 3.04. The molecule has 0 unspecified atom stereocenters. The maximum absolute atomic E-state index is 12.8. The molecular formula is C13H17FN4O2S. The van der Waals surface area contributed by atoms with E-state index in [-0.39, 0.29) is 23.8 Å². The zero-order valence-electron chi connectivity index (χ0n) is 11.6. The molecule has 0 aliphatic rings. The van der Waals surface area contributed by atoms with Gasteiger partial charge in [0.05, 0.1) is 11.4 Å². The van der Waals surface area contributed by atoms with Gasteiger partial charge in [0.15, 0.2) is 0 Å². The molecule has 8 heteroatoms. The Morgan fingerprint density at radius 3 is 2.62 bits per heavy atom. The summed E-state index contributed by atoms with van der Waals surface area (Å²) in [5.41, 5.74) is 7.09. The van der Waals surface area contributed by atoms with Gasteiger partial charge in [-0.2, -0.15) is 5.10 Å². The molecule has 0 spiro atoms. The van der Waals surface area contributed by atoms with Crippen LogP contribution in [0.3, 0.4) is 0 Å². The van der Waals surface area contributed by atoms with Gasteiger partial charge in [-0.3, -0.25) is 5.10 Å². The van der Waals surface area contributed by atoms with Crippen LogP contribution in [0, 0.1) is 12.7 Å². The first kappa shape index (κ1) is 15.6. The zero-order chi connectivity index (χ0) is 15.5. The first-order valence-electron chi connectivity index (χ1n) is 6.42. The van der Waals surface area contributed by atoms with Gasteiger partial charge in [0.25, 0.3) is 0 Å². The highest BCUT2D eigenvalue weighted by molar-refractivity contribution is 7.89. The van der Waals surface area contributed by atoms with Crippen LogP contribution in [0.4, 0.5) is 4.39 Å². The first-order valence-corrected chi connectivity index (χ1v) is 7.90. The van der Waals surface area contributed by atoms with E-state index in [4.69, 9.17) is 5.73 Å². The van der Waals surface area contributed by atoms with E-state index in [1.54, 1.807) is 19.1 Å². The molecule has 0 aliphatic heterocycles. The van der Waals surface area contributed by atoms with Crippen LogP contribution in [0.2, 0.25) is 0 Å². The molecule has 0 saturated carbocycles. The summed E-state index contributed by atoms with van der Waals surface area (Å²) in [4.78, 5) is 0.101. The standard InChI is InChI=1S/C13H17FN4O2S/c1-9-13(12(8-15)18-17-9)21(19,20)16-7-6-10-2-4-11(14)5-3-10/h2-5,16H,6-8,15H2,1H3,(H,17,18). The van der Waals surface area contributed by atoms with E-state index < -0.39 is 10.0 Å². The van der Waals surface area contributed by atoms with Crippen LogP contribution in [0.15, 0.2) is 29.2 Å². The van der Waals surface area contributed by atoms with Crippen molar-refractivity contribution in [1.29, 1.82) is 0 Å². The molecule has 2 rings (SSSR count). The number of hydrogen-bond donors (Lipinski definition) is 3. The van der Waals surface area contributed by atoms with Crippen LogP contribution >= 0.6 is 0 Å². The van der Waals surface area contributed by atoms with E-state index >= 15 is 0 Å². The summed E-state index contributed by atoms with van der Waals surface area (Å²) < 4.78 is 39.8. The maximum Gasteiger partial charge on any atom is 0.244 e. The fourth-order valence-electron chi connectivity index (χ4n) is 2.02. The number of halogens is 1. The van der Waals surface area contributed by atoms with Gasteiger partial charge in [0, 0.05) is 13.1 Å². The Morgan fingerprint density at radius 1 is 1.33 bits per heavy atom. The third-order valence-corrected chi connectivity index (χ3v) is 4.71. The highest BCUT2D eigenvalue weighted by atomic mass is 32.2. The van der Waals surface area contributed by atoms with Crippen LogP contribution in [0.5, 0.6) is 0 Å². The molecule has 4 N–H and O–H groups in total. The predicted molar refractivity (Wildman–Crippen MR) is 76.5 cm³/mol. The van der Waals surface area contributed by atoms with Gasteiger partial charge >= 0.3 is 0 Å². The lowest BCUT2D eigenvalue weighted by Gasteiger charge is -2.07. The van der Waals surface area contributed by atoms with E-state index in [0.29, 0.717) is 17.8 Å². The van der Waals surface area contributed by atoms with E-state index in [1.165, 1.54) is 12.1 Å². The minimum absolute atomic E-state index is 0.0402. The van der Waals surface area contributed by atoms with Crippen molar-refractivity contribution in [1.82, 2.24) is 14.9 Å². The molecule has 0 atom stereocenters. The Kier molecular flexibility index (Phi) is 4.71. The molecule has 0 amide bonds. The second-order valence-corrected chi connectivity index (χ2v) is 6.31. The Labute approximate surface area is 122 Å². The molecule has 114 valence electrons. The van der Waals surface area contributed by atoms with E-state index in [0.717, 1.165) is 5.56 Å². The second kappa shape index (κ2) is 6.33. The van der Waals surface area contributed by atoms with Gasteiger partial charge in [-0.25, -0.2) is 17.5 Å². The third kappa shape index (κ3) is 3.66. The topological polar surface area (TPSA) is 101 Å². The average Bonchev–Trinajstić information content (AvgIpc) is 2.83. The summed E-state index contributed by atoms with van der Waals surface area (Å²) in [6, 6.07) is 5.93. The van der Waals surface area contributed by atoms with Gasteiger partial charge in [-0.1, -0.05) is 12.1 Å². The highest BCUT2D eigenvalue weighted by Crippen LogP contribution is 2.16. The average molecular weight is 312 g/mol. The second-order valence-electron chi connectivity index (χ2n) is 4.60. The zero-order valence-corrected chi connectivity index (χ0v) is 12.4. The molecule has 21 heavy (non-hydrogen) atoms. The molecule has 0 fully saturated rings. The van der Waals surface area contributed by atoms with E-state index in [1.807, 2.05) is 0 Å². The minimum atomic E-state index is -3.67. The number of sulfonamides is 1. The van der Waals surface area contributed by atoms with Crippen LogP contribution < -0.4 is 10.5 Å². The van der Waals surface area contributed by atoms with Gasteiger partial charge in [0.1, 0.15) is 10.7 Å². The summed E-state index contributed by atoms with van der Waals surface area (Å²) in [5, 5.41) is 6.48. The van der Waals surface area contributed by atoms with Crippen molar-refractivity contribution in [2.45, 2.75) is 24.8 Å². The lowest BCUT2D eigenvalue weighted by molar-refractivity contribution is 0.579. The van der Waals surface area contributed by atoms with Crippen molar-refractivity contribution in [2.75, 3.05) is 6.54 Å². The molecule has 1 heterocycles. The number of nitrogens with zero attached hydrogens (tertiary/aromatic N) is 1. The number of aromatic nitrogens is 2. The van der Waals surface area contributed by atoms with Crippen LogP contribution in [-0.2, 0) is 23.0 Å². The Morgan fingerprint density at radius 2 is 2.00 bits per heavy atom. The van der Waals surface area contributed by atoms with Crippen LogP contribution in [0.1, 0.15) is 17.0 Å². The Balaban J connectivity index is 2.04. The molecule has 1 aromatic carbocycles. The Hall–Kier alpha value is -1.77. The van der Waals surface area contributed by atoms with Gasteiger partial charge in [0.2, 0.25) is 10.0 Å². The summed E-state index contributed by atoms with van der Waals surface area (Å²) in [5.74, 6) is -0.319. The molecule has 0 aliphatic carbocycles. The number of H-pyrrole nitrogens is 1. The normalized spacial score (nSPS) is 11.8. The largest absolute Gasteiger partial charge is 0.325 e. The number of rotatable bonds is 6. The van der Waals surface area contributed by atoms with E-state index in [9.17, 15) is 12.8 Å². The van der Waals surface area contributed by atoms with Gasteiger partial charge in [-0.05, 0) is 31.0 Å². The Bertz CT molecular complexity index is 710.